The fourth-order valence-electron chi connectivity index (χ4n) is 1.53. The predicted octanol–water partition coefficient (Wildman–Crippen LogP) is 4.14. The molecule has 102 valence electrons. The zero-order valence-electron chi connectivity index (χ0n) is 10.2. The molecule has 0 aliphatic heterocycles. The molecule has 0 unspecified atom stereocenters. The van der Waals surface area contributed by atoms with Gasteiger partial charge in [0.15, 0.2) is 0 Å². The monoisotopic (exact) mass is 308 g/mol. The van der Waals surface area contributed by atoms with E-state index in [4.69, 9.17) is 28.3 Å². The molecular formula is C14H10Cl2N2O2. The molecule has 0 saturated heterocycles. The van der Waals surface area contributed by atoms with Crippen LogP contribution < -0.4 is 5.43 Å². The molecule has 0 aromatic heterocycles. The van der Waals surface area contributed by atoms with Crippen LogP contribution in [0.2, 0.25) is 10.0 Å². The van der Waals surface area contributed by atoms with E-state index in [0.717, 1.165) is 5.56 Å². The van der Waals surface area contributed by atoms with Crippen LogP contribution in [-0.4, -0.2) is 17.3 Å². The van der Waals surface area contributed by atoms with E-state index in [0.29, 0.717) is 10.7 Å². The Morgan fingerprint density at radius 1 is 1.20 bits per heavy atom. The Kier molecular flexibility index (Phi) is 4.61. The Bertz CT molecular complexity index is 672. The van der Waals surface area contributed by atoms with Crippen LogP contribution >= 0.6 is 23.2 Å². The van der Waals surface area contributed by atoms with Gasteiger partial charge in [-0.25, -0.2) is 4.79 Å². The summed E-state index contributed by atoms with van der Waals surface area (Å²) in [5.41, 5.74) is 4.13. The number of rotatable bonds is 4. The summed E-state index contributed by atoms with van der Waals surface area (Å²) in [6, 6.07) is 11.8. The second-order valence-electron chi connectivity index (χ2n) is 3.92. The van der Waals surface area contributed by atoms with Crippen molar-refractivity contribution >= 4 is 41.1 Å². The molecule has 0 saturated carbocycles. The maximum atomic E-state index is 10.9. The number of anilines is 1. The zero-order valence-corrected chi connectivity index (χ0v) is 11.7. The highest BCUT2D eigenvalue weighted by atomic mass is 35.5. The lowest BCUT2D eigenvalue weighted by molar-refractivity contribution is 0.0697. The standard InChI is InChI=1S/C14H10Cl2N2O2/c15-10-3-1-2-9(6-10)8-17-18-11-4-5-13(16)12(7-11)14(19)20/h1-8,18H,(H,19,20). The Balaban J connectivity index is 2.11. The second kappa shape index (κ2) is 6.41. The van der Waals surface area contributed by atoms with Crippen LogP contribution in [0.4, 0.5) is 5.69 Å². The van der Waals surface area contributed by atoms with Crippen molar-refractivity contribution in [3.05, 3.63) is 63.6 Å². The lowest BCUT2D eigenvalue weighted by atomic mass is 10.2. The number of carboxylic acid groups (broad SMARTS) is 1. The third-order valence-electron chi connectivity index (χ3n) is 2.45. The molecular weight excluding hydrogens is 299 g/mol. The zero-order chi connectivity index (χ0) is 14.5. The third kappa shape index (κ3) is 3.73. The van der Waals surface area contributed by atoms with Gasteiger partial charge in [0.1, 0.15) is 0 Å². The summed E-state index contributed by atoms with van der Waals surface area (Å²) >= 11 is 11.6. The van der Waals surface area contributed by atoms with Crippen LogP contribution in [-0.2, 0) is 0 Å². The predicted molar refractivity (Wildman–Crippen MR) is 81.1 cm³/mol. The molecule has 2 aromatic carbocycles. The Morgan fingerprint density at radius 2 is 2.00 bits per heavy atom. The average molecular weight is 309 g/mol. The Morgan fingerprint density at radius 3 is 2.70 bits per heavy atom. The smallest absolute Gasteiger partial charge is 0.337 e. The third-order valence-corrected chi connectivity index (χ3v) is 3.02. The van der Waals surface area contributed by atoms with E-state index in [1.165, 1.54) is 12.1 Å². The van der Waals surface area contributed by atoms with Crippen molar-refractivity contribution in [3.8, 4) is 0 Å². The van der Waals surface area contributed by atoms with Crippen molar-refractivity contribution in [2.75, 3.05) is 5.43 Å². The first-order valence-corrected chi connectivity index (χ1v) is 6.39. The summed E-state index contributed by atoms with van der Waals surface area (Å²) in [7, 11) is 0. The molecule has 0 radical (unpaired) electrons. The highest BCUT2D eigenvalue weighted by molar-refractivity contribution is 6.33. The molecule has 6 heteroatoms. The summed E-state index contributed by atoms with van der Waals surface area (Å²) < 4.78 is 0. The summed E-state index contributed by atoms with van der Waals surface area (Å²) in [6.45, 7) is 0. The first-order chi connectivity index (χ1) is 9.56. The molecule has 2 aromatic rings. The lowest BCUT2D eigenvalue weighted by Crippen LogP contribution is -1.99. The van der Waals surface area contributed by atoms with Crippen molar-refractivity contribution in [2.45, 2.75) is 0 Å². The van der Waals surface area contributed by atoms with Crippen LogP contribution in [0.25, 0.3) is 0 Å². The number of aromatic carboxylic acids is 1. The minimum absolute atomic E-state index is 0.0228. The van der Waals surface area contributed by atoms with Gasteiger partial charge in [-0.3, -0.25) is 5.43 Å². The number of carboxylic acids is 1. The van der Waals surface area contributed by atoms with Gasteiger partial charge in [0.2, 0.25) is 0 Å². The Hall–Kier alpha value is -2.04. The van der Waals surface area contributed by atoms with Crippen molar-refractivity contribution in [3.63, 3.8) is 0 Å². The van der Waals surface area contributed by atoms with Gasteiger partial charge in [-0.1, -0.05) is 35.3 Å². The average Bonchev–Trinajstić information content (AvgIpc) is 2.40. The minimum atomic E-state index is -1.09. The fourth-order valence-corrected chi connectivity index (χ4v) is 1.92. The van der Waals surface area contributed by atoms with E-state index in [1.54, 1.807) is 24.4 Å². The van der Waals surface area contributed by atoms with E-state index in [9.17, 15) is 4.79 Å². The number of hydrazone groups is 1. The van der Waals surface area contributed by atoms with E-state index < -0.39 is 5.97 Å². The Labute approximate surface area is 125 Å². The van der Waals surface area contributed by atoms with E-state index >= 15 is 0 Å². The van der Waals surface area contributed by atoms with Crippen LogP contribution in [0.3, 0.4) is 0 Å². The number of nitrogens with one attached hydrogen (secondary N) is 1. The quantitative estimate of drug-likeness (QED) is 0.659. The maximum absolute atomic E-state index is 10.9. The summed E-state index contributed by atoms with van der Waals surface area (Å²) in [6.07, 6.45) is 1.58. The van der Waals surface area contributed by atoms with Gasteiger partial charge in [0.25, 0.3) is 0 Å². The van der Waals surface area contributed by atoms with Gasteiger partial charge >= 0.3 is 5.97 Å². The van der Waals surface area contributed by atoms with Crippen molar-refractivity contribution in [2.24, 2.45) is 5.10 Å². The topological polar surface area (TPSA) is 61.7 Å². The molecule has 0 fully saturated rings. The number of halogens is 2. The highest BCUT2D eigenvalue weighted by Crippen LogP contribution is 2.20. The summed E-state index contributed by atoms with van der Waals surface area (Å²) in [4.78, 5) is 10.9. The van der Waals surface area contributed by atoms with Crippen molar-refractivity contribution in [1.29, 1.82) is 0 Å². The molecule has 0 aliphatic rings. The molecule has 4 nitrogen and oxygen atoms in total. The first kappa shape index (κ1) is 14.4. The van der Waals surface area contributed by atoms with Crippen LogP contribution in [0.5, 0.6) is 0 Å². The molecule has 0 bridgehead atoms. The first-order valence-electron chi connectivity index (χ1n) is 5.64. The molecule has 0 heterocycles. The second-order valence-corrected chi connectivity index (χ2v) is 4.77. The number of hydrogen-bond donors (Lipinski definition) is 2. The van der Waals surface area contributed by atoms with E-state index in [2.05, 4.69) is 10.5 Å². The van der Waals surface area contributed by atoms with Gasteiger partial charge < -0.3 is 5.11 Å². The molecule has 0 amide bonds. The highest BCUT2D eigenvalue weighted by Gasteiger charge is 2.08. The molecule has 2 rings (SSSR count). The number of hydrogen-bond acceptors (Lipinski definition) is 3. The number of nitrogens with zero attached hydrogens (tertiary/aromatic N) is 1. The number of carbonyl (C=O) groups is 1. The summed E-state index contributed by atoms with van der Waals surface area (Å²) in [5.74, 6) is -1.09. The molecule has 20 heavy (non-hydrogen) atoms. The number of benzene rings is 2. The van der Waals surface area contributed by atoms with Gasteiger partial charge in [0.05, 0.1) is 22.5 Å². The summed E-state index contributed by atoms with van der Waals surface area (Å²) in [5, 5.41) is 13.8. The molecule has 0 spiro atoms. The van der Waals surface area contributed by atoms with Crippen LogP contribution in [0.1, 0.15) is 15.9 Å². The minimum Gasteiger partial charge on any atom is -0.478 e. The van der Waals surface area contributed by atoms with Gasteiger partial charge in [-0.2, -0.15) is 5.10 Å². The largest absolute Gasteiger partial charge is 0.478 e. The van der Waals surface area contributed by atoms with Crippen LogP contribution in [0.15, 0.2) is 47.6 Å². The van der Waals surface area contributed by atoms with Crippen molar-refractivity contribution in [1.82, 2.24) is 0 Å². The van der Waals surface area contributed by atoms with Crippen LogP contribution in [0, 0.1) is 0 Å². The van der Waals surface area contributed by atoms with Crippen molar-refractivity contribution < 1.29 is 9.90 Å². The van der Waals surface area contributed by atoms with E-state index in [1.807, 2.05) is 12.1 Å². The molecule has 2 N–H and O–H groups in total. The molecule has 0 aliphatic carbocycles. The lowest BCUT2D eigenvalue weighted by Gasteiger charge is -2.03. The maximum Gasteiger partial charge on any atom is 0.337 e. The normalized spacial score (nSPS) is 10.7. The van der Waals surface area contributed by atoms with Gasteiger partial charge in [-0.05, 0) is 35.9 Å². The van der Waals surface area contributed by atoms with Gasteiger partial charge in [-0.15, -0.1) is 0 Å². The van der Waals surface area contributed by atoms with E-state index in [-0.39, 0.29) is 10.6 Å². The molecule has 0 atom stereocenters. The SMILES string of the molecule is O=C(O)c1cc(NN=Cc2cccc(Cl)c2)ccc1Cl. The van der Waals surface area contributed by atoms with Gasteiger partial charge in [0, 0.05) is 5.02 Å². The fraction of sp³-hybridized carbons (Fsp3) is 0.